The fraction of sp³-hybridized carbons (Fsp3) is 1.00. The Bertz CT molecular complexity index is 166. The predicted octanol–water partition coefficient (Wildman–Crippen LogP) is 2.64. The van der Waals surface area contributed by atoms with Gasteiger partial charge in [-0.15, -0.1) is 0 Å². The van der Waals surface area contributed by atoms with Gasteiger partial charge in [0, 0.05) is 0 Å². The molecule has 0 aromatic carbocycles. The summed E-state index contributed by atoms with van der Waals surface area (Å²) in [5, 5.41) is 0. The first-order valence-corrected chi connectivity index (χ1v) is 5.05. The summed E-state index contributed by atoms with van der Waals surface area (Å²) >= 11 is 20.1. The van der Waals surface area contributed by atoms with E-state index in [0.29, 0.717) is 0 Å². The lowest BCUT2D eigenvalue weighted by atomic mass is 10.9. The monoisotopic (exact) mass is 262 g/mol. The zero-order valence-electron chi connectivity index (χ0n) is 4.84. The van der Waals surface area contributed by atoms with E-state index in [0.717, 1.165) is 0 Å². The molecule has 0 bridgehead atoms. The van der Waals surface area contributed by atoms with E-state index in [1.54, 1.807) is 0 Å². The second-order valence-corrected chi connectivity index (χ2v) is 5.69. The van der Waals surface area contributed by atoms with Crippen molar-refractivity contribution < 1.29 is 18.1 Å². The number of phosphoric acid groups is 1. The first-order valence-electron chi connectivity index (χ1n) is 2.11. The van der Waals surface area contributed by atoms with Crippen LogP contribution in [0.3, 0.4) is 0 Å². The van der Waals surface area contributed by atoms with E-state index < -0.39 is 18.2 Å². The van der Waals surface area contributed by atoms with Crippen molar-refractivity contribution in [1.82, 2.24) is 0 Å². The van der Waals surface area contributed by atoms with Crippen LogP contribution in [-0.2, 0) is 13.2 Å². The van der Waals surface area contributed by atoms with Crippen molar-refractivity contribution in [1.29, 1.82) is 0 Å². The predicted molar refractivity (Wildman–Crippen MR) is 43.0 cm³/mol. The van der Waals surface area contributed by atoms with Gasteiger partial charge in [-0.3, -0.25) is 4.52 Å². The van der Waals surface area contributed by atoms with Crippen LogP contribution in [0.25, 0.3) is 0 Å². The van der Waals surface area contributed by atoms with Crippen LogP contribution in [0.1, 0.15) is 0 Å². The van der Waals surface area contributed by atoms with Crippen LogP contribution in [0.5, 0.6) is 0 Å². The molecule has 0 rings (SSSR count). The van der Waals surface area contributed by atoms with Crippen molar-refractivity contribution in [2.24, 2.45) is 0 Å². The molecule has 0 aromatic rings. The summed E-state index contributed by atoms with van der Waals surface area (Å²) in [5.41, 5.74) is 0. The largest absolute Gasteiger partial charge is 0.488 e. The zero-order valence-corrected chi connectivity index (χ0v) is 8.76. The molecule has 0 aliphatic rings. The van der Waals surface area contributed by atoms with Gasteiger partial charge >= 0.3 is 7.82 Å². The lowest BCUT2D eigenvalue weighted by Crippen LogP contribution is -2.11. The highest BCUT2D eigenvalue weighted by Gasteiger charge is 2.28. The number of hydrogen-bond acceptors (Lipinski definition) is 3. The Morgan fingerprint density at radius 1 is 1.45 bits per heavy atom. The molecule has 1 atom stereocenters. The number of alkyl halides is 3. The van der Waals surface area contributed by atoms with Crippen LogP contribution >= 0.6 is 54.5 Å². The van der Waals surface area contributed by atoms with E-state index >= 15 is 0 Å². The van der Waals surface area contributed by atoms with Gasteiger partial charge in [0.2, 0.25) is 3.79 Å². The van der Waals surface area contributed by atoms with Crippen LogP contribution in [0, 0.1) is 0 Å². The van der Waals surface area contributed by atoms with Crippen molar-refractivity contribution in [3.8, 4) is 0 Å². The fourth-order valence-electron chi connectivity index (χ4n) is 0.175. The van der Waals surface area contributed by atoms with Gasteiger partial charge in [0.15, 0.2) is 0 Å². The maximum Gasteiger partial charge on any atom is 0.488 e. The molecule has 4 nitrogen and oxygen atoms in total. The van der Waals surface area contributed by atoms with Crippen molar-refractivity contribution in [2.75, 3.05) is 6.61 Å². The molecule has 0 fully saturated rings. The third kappa shape index (κ3) is 7.62. The molecule has 0 heterocycles. The summed E-state index contributed by atoms with van der Waals surface area (Å²) in [7, 11) is -4.26. The molecule has 0 aliphatic heterocycles. The summed E-state index contributed by atoms with van der Waals surface area (Å²) in [6, 6.07) is 0. The van der Waals surface area contributed by atoms with Crippen molar-refractivity contribution >= 4 is 54.5 Å². The highest BCUT2D eigenvalue weighted by atomic mass is 35.6. The average molecular weight is 264 g/mol. The van der Waals surface area contributed by atoms with Crippen LogP contribution in [-0.4, -0.2) is 15.3 Å². The van der Waals surface area contributed by atoms with Crippen molar-refractivity contribution in [3.05, 3.63) is 0 Å². The quantitative estimate of drug-likeness (QED) is 0.628. The van der Waals surface area contributed by atoms with Gasteiger partial charge in [-0.1, -0.05) is 34.8 Å². The summed E-state index contributed by atoms with van der Waals surface area (Å²) in [4.78, 5) is 8.49. The molecule has 0 aromatic heterocycles. The molecule has 9 heteroatoms. The van der Waals surface area contributed by atoms with E-state index in [4.69, 9.17) is 39.7 Å². The molecule has 0 saturated heterocycles. The molecule has 0 radical (unpaired) electrons. The van der Waals surface area contributed by atoms with Crippen LogP contribution < -0.4 is 0 Å². The highest BCUT2D eigenvalue weighted by molar-refractivity contribution is 7.48. The third-order valence-electron chi connectivity index (χ3n) is 0.479. The minimum atomic E-state index is -4.26. The molecule has 0 spiro atoms. The number of rotatable bonds is 3. The fourth-order valence-corrected chi connectivity index (χ4v) is 1.08. The summed E-state index contributed by atoms with van der Waals surface area (Å²) in [6.45, 7) is -0.585. The van der Waals surface area contributed by atoms with E-state index in [1.807, 2.05) is 0 Å². The molecule has 68 valence electrons. The number of hydrogen-bond donors (Lipinski definition) is 1. The minimum Gasteiger partial charge on any atom is -0.302 e. The number of phosphoric ester groups is 1. The molecule has 0 aliphatic carbocycles. The second kappa shape index (κ2) is 4.49. The molecular formula is C2H3Cl4O4P. The Morgan fingerprint density at radius 2 is 1.91 bits per heavy atom. The van der Waals surface area contributed by atoms with Gasteiger partial charge < -0.3 is 4.89 Å². The van der Waals surface area contributed by atoms with Gasteiger partial charge in [0.25, 0.3) is 0 Å². The second-order valence-electron chi connectivity index (χ2n) is 1.43. The number of halogens is 4. The van der Waals surface area contributed by atoms with Crippen molar-refractivity contribution in [2.45, 2.75) is 3.79 Å². The normalized spacial score (nSPS) is 17.9. The zero-order chi connectivity index (χ0) is 9.12. The first-order chi connectivity index (χ1) is 4.77. The first kappa shape index (κ1) is 12.3. The van der Waals surface area contributed by atoms with Gasteiger partial charge in [0.1, 0.15) is 6.61 Å². The Morgan fingerprint density at radius 3 is 2.18 bits per heavy atom. The smallest absolute Gasteiger partial charge is 0.302 e. The minimum absolute atomic E-state index is 0.585. The Balaban J connectivity index is 3.80. The Kier molecular flexibility index (Phi) is 5.01. The molecule has 11 heavy (non-hydrogen) atoms. The maximum absolute atomic E-state index is 10.4. The van der Waals surface area contributed by atoms with Gasteiger partial charge in [0.05, 0.1) is 11.9 Å². The Hall–Kier alpha value is 1.27. The van der Waals surface area contributed by atoms with Crippen molar-refractivity contribution in [3.63, 3.8) is 0 Å². The molecule has 0 amide bonds. The summed E-state index contributed by atoms with van der Waals surface area (Å²) in [6.07, 6.45) is 0. The molecule has 1 N–H and O–H groups in total. The lowest BCUT2D eigenvalue weighted by molar-refractivity contribution is 0.212. The highest BCUT2D eigenvalue weighted by Crippen LogP contribution is 2.46. The van der Waals surface area contributed by atoms with E-state index in [9.17, 15) is 4.57 Å². The van der Waals surface area contributed by atoms with Crippen LogP contribution in [0.4, 0.5) is 0 Å². The molecule has 0 saturated carbocycles. The summed E-state index contributed by atoms with van der Waals surface area (Å²) < 4.78 is 16.3. The van der Waals surface area contributed by atoms with Gasteiger partial charge in [-0.2, -0.15) is 4.08 Å². The Labute approximate surface area is 83.1 Å². The van der Waals surface area contributed by atoms with E-state index in [1.165, 1.54) is 0 Å². The van der Waals surface area contributed by atoms with Gasteiger partial charge in [-0.05, 0) is 0 Å². The lowest BCUT2D eigenvalue weighted by Gasteiger charge is -2.12. The van der Waals surface area contributed by atoms with Crippen LogP contribution in [0.15, 0.2) is 0 Å². The third-order valence-corrected chi connectivity index (χ3v) is 1.96. The van der Waals surface area contributed by atoms with E-state index in [-0.39, 0.29) is 0 Å². The topological polar surface area (TPSA) is 55.8 Å². The maximum atomic E-state index is 10.4. The van der Waals surface area contributed by atoms with Gasteiger partial charge in [-0.25, -0.2) is 4.57 Å². The standard InChI is InChI=1S/C2H3Cl4O4P/c3-2(4,5)1-9-11(7,8)10-6/h1H2,(H,7,8). The molecule has 1 unspecified atom stereocenters. The van der Waals surface area contributed by atoms with E-state index in [2.05, 4.69) is 20.5 Å². The molecular weight excluding hydrogens is 261 g/mol. The van der Waals surface area contributed by atoms with Crippen LogP contribution in [0.2, 0.25) is 0 Å². The SMILES string of the molecule is O=P(O)(OCl)OCC(Cl)(Cl)Cl. The average Bonchev–Trinajstić information content (AvgIpc) is 1.83. The summed E-state index contributed by atoms with van der Waals surface area (Å²) in [5.74, 6) is 0.